The molecule has 0 bridgehead atoms. The van der Waals surface area contributed by atoms with Gasteiger partial charge in [0.25, 0.3) is 0 Å². The van der Waals surface area contributed by atoms with Crippen molar-refractivity contribution in [1.29, 1.82) is 0 Å². The van der Waals surface area contributed by atoms with Gasteiger partial charge in [0.15, 0.2) is 0 Å². The Bertz CT molecular complexity index is 2560. The predicted octanol–water partition coefficient (Wildman–Crippen LogP) is 0.872. The number of carbonyl (C=O) groups is 4. The third kappa shape index (κ3) is 9.58. The number of hydrogen-bond acceptors (Lipinski definition) is 12. The average molecular weight is 929 g/mol. The van der Waals surface area contributed by atoms with E-state index in [-0.39, 0.29) is 85.6 Å². The molecule has 307 valence electrons. The van der Waals surface area contributed by atoms with Gasteiger partial charge in [-0.25, -0.2) is 0 Å². The van der Waals surface area contributed by atoms with Gasteiger partial charge in [0, 0.05) is 18.7 Å². The number of piperazine rings is 1. The molecule has 0 aromatic heterocycles. The topological polar surface area (TPSA) is 243 Å². The van der Waals surface area contributed by atoms with Gasteiger partial charge >= 0.3 is 207 Å². The number of phenols is 1. The molecule has 17 nitrogen and oxygen atoms in total. The number of nitrogens with zero attached hydrogens (tertiary/aromatic N) is 2. The van der Waals surface area contributed by atoms with E-state index in [0.29, 0.717) is 25.0 Å². The SMILES string of the molecule is C=C(C)C(=O)NCCCNC(=O)C(CC)NC(=O)COCC(=O)N1CCN(S(=O)(=O)c2cc(O)c3ccc4c([S](=O)(=O)[Mo])cc(S(C)(=O)=O)c5ccc2c3c54)CC1. The Kier molecular flexibility index (Phi) is 13.4. The molecule has 1 heterocycles. The molecular formula is C36H42MoN5O12S3. The molecule has 0 aliphatic carbocycles. The molecule has 0 saturated carbocycles. The van der Waals surface area contributed by atoms with Gasteiger partial charge in [0.05, 0.1) is 0 Å². The summed E-state index contributed by atoms with van der Waals surface area (Å²) in [4.78, 5) is 50.1. The first kappa shape index (κ1) is 43.9. The van der Waals surface area contributed by atoms with Crippen LogP contribution in [0.5, 0.6) is 5.75 Å². The Morgan fingerprint density at radius 2 is 1.40 bits per heavy atom. The monoisotopic (exact) mass is 930 g/mol. The first-order chi connectivity index (χ1) is 26.7. The van der Waals surface area contributed by atoms with Crippen LogP contribution < -0.4 is 16.0 Å². The second-order valence-corrected chi connectivity index (χ2v) is 22.0. The molecule has 1 aliphatic rings. The number of aromatic hydroxyl groups is 1. The molecule has 4 aromatic carbocycles. The van der Waals surface area contributed by atoms with Crippen LogP contribution in [0.4, 0.5) is 0 Å². The van der Waals surface area contributed by atoms with Crippen molar-refractivity contribution >= 4 is 83.3 Å². The van der Waals surface area contributed by atoms with E-state index in [0.717, 1.165) is 41.2 Å². The molecule has 4 amide bonds. The third-order valence-electron chi connectivity index (χ3n) is 9.49. The van der Waals surface area contributed by atoms with Crippen LogP contribution in [0.2, 0.25) is 0 Å². The second kappa shape index (κ2) is 17.3. The number of rotatable bonds is 16. The second-order valence-electron chi connectivity index (χ2n) is 13.6. The average Bonchev–Trinajstić information content (AvgIpc) is 3.14. The number of nitrogens with one attached hydrogen (secondary N) is 3. The number of benzene rings is 4. The van der Waals surface area contributed by atoms with Crippen molar-refractivity contribution in [3.63, 3.8) is 0 Å². The van der Waals surface area contributed by atoms with Crippen molar-refractivity contribution in [3.8, 4) is 5.75 Å². The fourth-order valence-electron chi connectivity index (χ4n) is 6.61. The minimum absolute atomic E-state index is 0.0177. The van der Waals surface area contributed by atoms with E-state index in [1.807, 2.05) is 0 Å². The number of sulfone groups is 1. The van der Waals surface area contributed by atoms with Gasteiger partial charge in [-0.15, -0.1) is 0 Å². The van der Waals surface area contributed by atoms with Crippen LogP contribution in [0.25, 0.3) is 32.3 Å². The number of phenolic OH excluding ortho intramolecular Hbond substituents is 1. The summed E-state index contributed by atoms with van der Waals surface area (Å²) in [5.74, 6) is -2.22. The number of carbonyl (C=O) groups excluding carboxylic acids is 4. The van der Waals surface area contributed by atoms with Crippen molar-refractivity contribution in [1.82, 2.24) is 25.2 Å². The zero-order chi connectivity index (χ0) is 42.0. The van der Waals surface area contributed by atoms with E-state index in [2.05, 4.69) is 22.5 Å². The molecule has 5 rings (SSSR count). The van der Waals surface area contributed by atoms with E-state index in [1.54, 1.807) is 13.8 Å². The Labute approximate surface area is 340 Å². The first-order valence-corrected chi connectivity index (χ1v) is 24.9. The predicted molar refractivity (Wildman–Crippen MR) is 206 cm³/mol. The first-order valence-electron chi connectivity index (χ1n) is 17.7. The molecular weight excluding hydrogens is 887 g/mol. The van der Waals surface area contributed by atoms with E-state index >= 15 is 0 Å². The van der Waals surface area contributed by atoms with Crippen LogP contribution >= 0.6 is 0 Å². The van der Waals surface area contributed by atoms with Gasteiger partial charge in [0.1, 0.15) is 19.3 Å². The summed E-state index contributed by atoms with van der Waals surface area (Å²) < 4.78 is 86.2. The van der Waals surface area contributed by atoms with E-state index in [9.17, 15) is 49.5 Å². The summed E-state index contributed by atoms with van der Waals surface area (Å²) in [5, 5.41) is 20.1. The van der Waals surface area contributed by atoms with Crippen LogP contribution in [-0.2, 0) is 69.9 Å². The van der Waals surface area contributed by atoms with Crippen molar-refractivity contribution in [2.75, 3.05) is 58.7 Å². The van der Waals surface area contributed by atoms with Gasteiger partial charge in [-0.3, -0.25) is 19.2 Å². The maximum absolute atomic E-state index is 14.2. The summed E-state index contributed by atoms with van der Waals surface area (Å²) in [6.07, 6.45) is 1.70. The Morgan fingerprint density at radius 3 is 1.98 bits per heavy atom. The molecule has 4 N–H and O–H groups in total. The third-order valence-corrected chi connectivity index (χ3v) is 14.8. The van der Waals surface area contributed by atoms with Gasteiger partial charge < -0.3 is 20.7 Å². The van der Waals surface area contributed by atoms with Crippen LogP contribution in [-0.4, -0.2) is 128 Å². The molecule has 4 aromatic rings. The summed E-state index contributed by atoms with van der Waals surface area (Å²) in [7, 11) is -12.2. The van der Waals surface area contributed by atoms with E-state index in [4.69, 9.17) is 4.74 Å². The molecule has 0 spiro atoms. The minimum atomic E-state index is -4.34. The Morgan fingerprint density at radius 1 is 0.842 bits per heavy atom. The summed E-state index contributed by atoms with van der Waals surface area (Å²) >= 11 is 0.852. The molecule has 1 unspecified atom stereocenters. The summed E-state index contributed by atoms with van der Waals surface area (Å²) in [5.41, 5.74) is 0.372. The number of amides is 4. The maximum atomic E-state index is 14.2. The number of sulfonamides is 1. The van der Waals surface area contributed by atoms with Crippen LogP contribution in [0, 0.1) is 0 Å². The fourth-order valence-corrected chi connectivity index (χ4v) is 10.9. The molecule has 1 fully saturated rings. The Hall–Kier alpha value is -4.20. The summed E-state index contributed by atoms with van der Waals surface area (Å²) in [6.45, 7) is 6.17. The van der Waals surface area contributed by atoms with E-state index in [1.165, 1.54) is 29.2 Å². The molecule has 57 heavy (non-hydrogen) atoms. The number of hydrogen-bond donors (Lipinski definition) is 4. The molecule has 1 atom stereocenters. The Balaban J connectivity index is 1.22. The molecule has 1 aliphatic heterocycles. The molecule has 0 radical (unpaired) electrons. The van der Waals surface area contributed by atoms with Crippen molar-refractivity contribution in [2.24, 2.45) is 0 Å². The molecule has 1 saturated heterocycles. The van der Waals surface area contributed by atoms with Crippen LogP contribution in [0.15, 0.2) is 63.2 Å². The summed E-state index contributed by atoms with van der Waals surface area (Å²) in [6, 6.07) is 7.12. The zero-order valence-corrected chi connectivity index (χ0v) is 35.7. The van der Waals surface area contributed by atoms with Gasteiger partial charge in [-0.1, -0.05) is 13.5 Å². The number of ether oxygens (including phenoxy) is 1. The van der Waals surface area contributed by atoms with Crippen molar-refractivity contribution in [2.45, 2.75) is 47.4 Å². The van der Waals surface area contributed by atoms with Crippen LogP contribution in [0.1, 0.15) is 26.7 Å². The molecule has 21 heteroatoms. The van der Waals surface area contributed by atoms with Gasteiger partial charge in [-0.2, -0.15) is 0 Å². The van der Waals surface area contributed by atoms with Gasteiger partial charge in [0.2, 0.25) is 23.6 Å². The standard InChI is InChI=1S/C36H42N5O12S3.Mo/c1-5-26(36(46)38-12-6-11-37-35(45)21(2)3)39-31(43)19-53-20-32(44)40-13-15-41(16-14-40)56(51,52)30-17-27(42)22-7-8-23-28(54(47)48)18-29(55(4,49)50)24-9-10-25(30)33(22)34(23)24;/h7-10,17-18,26,42H,2,5-6,11-16,19-20H2,1,3-4H3,(H,37,45)(H,38,46)(H,39,43);. The van der Waals surface area contributed by atoms with Gasteiger partial charge in [-0.05, 0) is 19.8 Å². The van der Waals surface area contributed by atoms with Crippen LogP contribution in [0.3, 0.4) is 0 Å². The zero-order valence-electron chi connectivity index (χ0n) is 31.3. The normalized spacial score (nSPS) is 14.8. The van der Waals surface area contributed by atoms with Crippen molar-refractivity contribution < 1.29 is 72.8 Å². The fraction of sp³-hybridized carbons (Fsp3) is 0.389. The van der Waals surface area contributed by atoms with Crippen molar-refractivity contribution in [3.05, 3.63) is 48.6 Å². The quantitative estimate of drug-likeness (QED) is 0.0530. The van der Waals surface area contributed by atoms with E-state index < -0.39 is 70.1 Å².